The van der Waals surface area contributed by atoms with Crippen LogP contribution in [0.4, 0.5) is 0 Å². The summed E-state index contributed by atoms with van der Waals surface area (Å²) in [5.74, 6) is 0.0104. The van der Waals surface area contributed by atoms with Crippen LogP contribution in [0, 0.1) is 11.3 Å². The molecule has 1 fully saturated rings. The summed E-state index contributed by atoms with van der Waals surface area (Å²) in [7, 11) is 1.46. The number of carbonyl (C=O) groups is 1. The summed E-state index contributed by atoms with van der Waals surface area (Å²) in [5, 5.41) is 0. The van der Waals surface area contributed by atoms with Gasteiger partial charge in [-0.15, -0.1) is 0 Å². The molecule has 0 amide bonds. The van der Waals surface area contributed by atoms with E-state index in [1.165, 1.54) is 12.7 Å². The SMILES string of the molecule is COC(=O)C1CC1(C)C1=CC(Br)=CCC1. The lowest BCUT2D eigenvalue weighted by molar-refractivity contribution is -0.142. The fourth-order valence-corrected chi connectivity index (χ4v) is 2.82. The highest BCUT2D eigenvalue weighted by atomic mass is 79.9. The number of allylic oxidation sites excluding steroid dienone is 4. The number of halogens is 1. The second-order valence-electron chi connectivity index (χ2n) is 4.49. The van der Waals surface area contributed by atoms with E-state index in [1.54, 1.807) is 0 Å². The van der Waals surface area contributed by atoms with Crippen LogP contribution in [0.5, 0.6) is 0 Å². The first-order valence-electron chi connectivity index (χ1n) is 5.22. The normalized spacial score (nSPS) is 34.2. The van der Waals surface area contributed by atoms with Gasteiger partial charge in [0, 0.05) is 9.90 Å². The third kappa shape index (κ3) is 1.89. The van der Waals surface area contributed by atoms with Crippen LogP contribution in [0.1, 0.15) is 26.2 Å². The maximum Gasteiger partial charge on any atom is 0.309 e. The molecule has 0 aromatic rings. The van der Waals surface area contributed by atoms with Crippen molar-refractivity contribution in [1.29, 1.82) is 0 Å². The molecular formula is C12H15BrO2. The van der Waals surface area contributed by atoms with E-state index >= 15 is 0 Å². The Balaban J connectivity index is 2.13. The number of ether oxygens (including phenoxy) is 1. The average Bonchev–Trinajstić information content (AvgIpc) is 2.91. The molecule has 0 aromatic carbocycles. The molecule has 2 nitrogen and oxygen atoms in total. The molecule has 82 valence electrons. The maximum absolute atomic E-state index is 11.4. The largest absolute Gasteiger partial charge is 0.469 e. The van der Waals surface area contributed by atoms with Crippen LogP contribution >= 0.6 is 15.9 Å². The maximum atomic E-state index is 11.4. The van der Waals surface area contributed by atoms with Gasteiger partial charge in [-0.25, -0.2) is 0 Å². The van der Waals surface area contributed by atoms with Gasteiger partial charge < -0.3 is 4.74 Å². The van der Waals surface area contributed by atoms with Crippen molar-refractivity contribution in [2.45, 2.75) is 26.2 Å². The van der Waals surface area contributed by atoms with Crippen molar-refractivity contribution in [2.75, 3.05) is 7.11 Å². The number of methoxy groups -OCH3 is 1. The number of rotatable bonds is 2. The van der Waals surface area contributed by atoms with E-state index in [0.29, 0.717) is 0 Å². The van der Waals surface area contributed by atoms with Gasteiger partial charge in [0.2, 0.25) is 0 Å². The molecule has 2 atom stereocenters. The monoisotopic (exact) mass is 270 g/mol. The lowest BCUT2D eigenvalue weighted by Crippen LogP contribution is -2.12. The molecule has 0 N–H and O–H groups in total. The highest BCUT2D eigenvalue weighted by Gasteiger charge is 2.57. The summed E-state index contributed by atoms with van der Waals surface area (Å²) < 4.78 is 5.93. The lowest BCUT2D eigenvalue weighted by Gasteiger charge is -2.18. The van der Waals surface area contributed by atoms with E-state index in [9.17, 15) is 4.79 Å². The summed E-state index contributed by atoms with van der Waals surface area (Å²) in [5.41, 5.74) is 1.44. The van der Waals surface area contributed by atoms with E-state index in [0.717, 1.165) is 23.7 Å². The van der Waals surface area contributed by atoms with Crippen LogP contribution in [-0.2, 0) is 9.53 Å². The van der Waals surface area contributed by atoms with Crippen molar-refractivity contribution >= 4 is 21.9 Å². The Labute approximate surface area is 98.5 Å². The second kappa shape index (κ2) is 3.78. The fraction of sp³-hybridized carbons (Fsp3) is 0.583. The van der Waals surface area contributed by atoms with Crippen molar-refractivity contribution in [3.05, 3.63) is 22.2 Å². The van der Waals surface area contributed by atoms with E-state index in [4.69, 9.17) is 4.74 Å². The zero-order valence-corrected chi connectivity index (χ0v) is 10.6. The predicted molar refractivity (Wildman–Crippen MR) is 62.6 cm³/mol. The van der Waals surface area contributed by atoms with Crippen LogP contribution in [0.15, 0.2) is 22.2 Å². The molecule has 0 aromatic heterocycles. The fourth-order valence-electron chi connectivity index (χ4n) is 2.32. The molecule has 0 bridgehead atoms. The van der Waals surface area contributed by atoms with Crippen molar-refractivity contribution in [3.63, 3.8) is 0 Å². The minimum atomic E-state index is -0.0657. The Bertz CT molecular complexity index is 357. The Kier molecular flexibility index (Phi) is 2.75. The first-order chi connectivity index (χ1) is 7.08. The van der Waals surface area contributed by atoms with Crippen molar-refractivity contribution < 1.29 is 9.53 Å². The molecule has 2 unspecified atom stereocenters. The van der Waals surface area contributed by atoms with Gasteiger partial charge in [-0.1, -0.05) is 34.5 Å². The first-order valence-corrected chi connectivity index (χ1v) is 6.02. The predicted octanol–water partition coefficient (Wildman–Crippen LogP) is 3.18. The van der Waals surface area contributed by atoms with Crippen LogP contribution < -0.4 is 0 Å². The third-order valence-electron chi connectivity index (χ3n) is 3.52. The number of hydrogen-bond acceptors (Lipinski definition) is 2. The molecule has 2 aliphatic rings. The highest BCUT2D eigenvalue weighted by Crippen LogP contribution is 2.59. The first kappa shape index (κ1) is 10.9. The smallest absolute Gasteiger partial charge is 0.309 e. The average molecular weight is 271 g/mol. The summed E-state index contributed by atoms with van der Waals surface area (Å²) in [4.78, 5) is 11.4. The third-order valence-corrected chi connectivity index (χ3v) is 4.07. The molecular weight excluding hydrogens is 256 g/mol. The minimum Gasteiger partial charge on any atom is -0.469 e. The van der Waals surface area contributed by atoms with Crippen molar-refractivity contribution in [2.24, 2.45) is 11.3 Å². The van der Waals surface area contributed by atoms with Gasteiger partial charge in [-0.2, -0.15) is 0 Å². The Morgan fingerprint density at radius 2 is 2.40 bits per heavy atom. The van der Waals surface area contributed by atoms with Gasteiger partial charge >= 0.3 is 5.97 Å². The second-order valence-corrected chi connectivity index (χ2v) is 5.41. The Hall–Kier alpha value is -0.570. The zero-order chi connectivity index (χ0) is 11.1. The van der Waals surface area contributed by atoms with Gasteiger partial charge in [-0.05, 0) is 25.3 Å². The standard InChI is InChI=1S/C12H15BrO2/c1-12(7-10(12)11(14)15-2)8-4-3-5-9(13)6-8/h5-6,10H,3-4,7H2,1-2H3. The number of carbonyl (C=O) groups excluding carboxylic acids is 1. The summed E-state index contributed by atoms with van der Waals surface area (Å²) >= 11 is 3.49. The molecule has 15 heavy (non-hydrogen) atoms. The molecule has 0 spiro atoms. The van der Waals surface area contributed by atoms with E-state index in [2.05, 4.69) is 35.0 Å². The van der Waals surface area contributed by atoms with Crippen molar-refractivity contribution in [3.8, 4) is 0 Å². The van der Waals surface area contributed by atoms with Gasteiger partial charge in [0.1, 0.15) is 0 Å². The van der Waals surface area contributed by atoms with Crippen LogP contribution in [-0.4, -0.2) is 13.1 Å². The highest BCUT2D eigenvalue weighted by molar-refractivity contribution is 9.11. The van der Waals surface area contributed by atoms with E-state index in [1.807, 2.05) is 0 Å². The molecule has 1 saturated carbocycles. The molecule has 0 heterocycles. The van der Waals surface area contributed by atoms with Crippen LogP contribution in [0.2, 0.25) is 0 Å². The summed E-state index contributed by atoms with van der Waals surface area (Å²) in [6.45, 7) is 2.16. The van der Waals surface area contributed by atoms with Crippen LogP contribution in [0.3, 0.4) is 0 Å². The molecule has 0 saturated heterocycles. The Morgan fingerprint density at radius 1 is 1.67 bits per heavy atom. The topological polar surface area (TPSA) is 26.3 Å². The molecule has 0 radical (unpaired) electrons. The Morgan fingerprint density at radius 3 is 3.00 bits per heavy atom. The van der Waals surface area contributed by atoms with Gasteiger partial charge in [-0.3, -0.25) is 4.79 Å². The molecule has 0 aliphatic heterocycles. The summed E-state index contributed by atoms with van der Waals surface area (Å²) in [6, 6.07) is 0. The number of esters is 1. The van der Waals surface area contributed by atoms with E-state index < -0.39 is 0 Å². The van der Waals surface area contributed by atoms with Crippen LogP contribution in [0.25, 0.3) is 0 Å². The van der Waals surface area contributed by atoms with Gasteiger partial charge in [0.05, 0.1) is 13.0 Å². The zero-order valence-electron chi connectivity index (χ0n) is 9.05. The number of hydrogen-bond donors (Lipinski definition) is 0. The minimum absolute atomic E-state index is 0.0559. The lowest BCUT2D eigenvalue weighted by atomic mass is 9.89. The van der Waals surface area contributed by atoms with Gasteiger partial charge in [0.15, 0.2) is 0 Å². The molecule has 2 rings (SSSR count). The van der Waals surface area contributed by atoms with Gasteiger partial charge in [0.25, 0.3) is 0 Å². The molecule has 3 heteroatoms. The van der Waals surface area contributed by atoms with E-state index in [-0.39, 0.29) is 17.3 Å². The molecule has 2 aliphatic carbocycles. The van der Waals surface area contributed by atoms with Crippen molar-refractivity contribution in [1.82, 2.24) is 0 Å². The summed E-state index contributed by atoms with van der Waals surface area (Å²) in [6.07, 6.45) is 7.40. The quantitative estimate of drug-likeness (QED) is 0.721.